The molecule has 0 spiro atoms. The van der Waals surface area contributed by atoms with E-state index in [0.29, 0.717) is 0 Å². The first-order valence-electron chi connectivity index (χ1n) is 9.09. The van der Waals surface area contributed by atoms with Gasteiger partial charge in [-0.05, 0) is 81.9 Å². The molecule has 27 heavy (non-hydrogen) atoms. The standard InChI is InChI=1S/C15H18S.C8H10.C3H4/c1-5-6-11(2)12(3)14-7-9-15(10-8-14)13(4)16;1-7-5-3-4-6-8(7)2;1-3-2/h5-10H,1-4H3;3-6H,1-2H3;1H,2H3/b6-5-,12-11+;;. The molecular formula is C26H32S. The third kappa shape index (κ3) is 9.73. The molecule has 0 bridgehead atoms. The highest BCUT2D eigenvalue weighted by atomic mass is 32.1. The molecule has 0 aliphatic carbocycles. The quantitative estimate of drug-likeness (QED) is 0.228. The van der Waals surface area contributed by atoms with E-state index in [1.165, 1.54) is 27.8 Å². The van der Waals surface area contributed by atoms with Crippen LogP contribution < -0.4 is 0 Å². The van der Waals surface area contributed by atoms with Crippen LogP contribution in [-0.2, 0) is 0 Å². The SMILES string of the molecule is C#CC.C/C=C\C(C)=C(/C)c1ccc(C(C)=S)cc1.Cc1ccccc1C. The van der Waals surface area contributed by atoms with Gasteiger partial charge in [-0.3, -0.25) is 0 Å². The summed E-state index contributed by atoms with van der Waals surface area (Å²) in [7, 11) is 0. The zero-order valence-corrected chi connectivity index (χ0v) is 18.6. The molecule has 0 amide bonds. The van der Waals surface area contributed by atoms with Crippen LogP contribution in [0.5, 0.6) is 0 Å². The van der Waals surface area contributed by atoms with Crippen LogP contribution in [0.15, 0.2) is 66.3 Å². The van der Waals surface area contributed by atoms with Gasteiger partial charge in [-0.15, -0.1) is 12.3 Å². The minimum absolute atomic E-state index is 0.943. The third-order valence-corrected chi connectivity index (χ3v) is 4.39. The molecule has 0 aromatic heterocycles. The van der Waals surface area contributed by atoms with Crippen molar-refractivity contribution >= 4 is 22.7 Å². The van der Waals surface area contributed by atoms with Crippen molar-refractivity contribution in [2.24, 2.45) is 0 Å². The monoisotopic (exact) mass is 376 g/mol. The average molecular weight is 377 g/mol. The van der Waals surface area contributed by atoms with E-state index in [-0.39, 0.29) is 0 Å². The molecule has 0 fully saturated rings. The van der Waals surface area contributed by atoms with Crippen LogP contribution in [0.25, 0.3) is 5.57 Å². The molecule has 0 nitrogen and oxygen atoms in total. The van der Waals surface area contributed by atoms with Gasteiger partial charge in [-0.1, -0.05) is 72.9 Å². The van der Waals surface area contributed by atoms with Gasteiger partial charge in [0.25, 0.3) is 0 Å². The fraction of sp³-hybridized carbons (Fsp3) is 0.269. The van der Waals surface area contributed by atoms with E-state index in [0.717, 1.165) is 10.4 Å². The van der Waals surface area contributed by atoms with Crippen molar-refractivity contribution in [3.8, 4) is 12.3 Å². The molecule has 0 radical (unpaired) electrons. The number of aryl methyl sites for hydroxylation is 2. The fourth-order valence-corrected chi connectivity index (χ4v) is 2.36. The number of allylic oxidation sites excluding steroid dienone is 4. The van der Waals surface area contributed by atoms with E-state index in [1.54, 1.807) is 6.92 Å². The molecule has 2 aromatic rings. The summed E-state index contributed by atoms with van der Waals surface area (Å²) in [5, 5.41) is 0. The van der Waals surface area contributed by atoms with Gasteiger partial charge >= 0.3 is 0 Å². The minimum Gasteiger partial charge on any atom is -0.120 e. The molecule has 0 unspecified atom stereocenters. The zero-order valence-electron chi connectivity index (χ0n) is 17.8. The van der Waals surface area contributed by atoms with Gasteiger partial charge in [-0.25, -0.2) is 0 Å². The van der Waals surface area contributed by atoms with Crippen LogP contribution in [0.2, 0.25) is 0 Å². The molecule has 1 heteroatoms. The molecule has 142 valence electrons. The van der Waals surface area contributed by atoms with Gasteiger partial charge in [0.15, 0.2) is 0 Å². The van der Waals surface area contributed by atoms with Crippen LogP contribution >= 0.6 is 12.2 Å². The van der Waals surface area contributed by atoms with Gasteiger partial charge in [0, 0.05) is 4.86 Å². The molecule has 0 aliphatic rings. The van der Waals surface area contributed by atoms with Crippen molar-refractivity contribution in [2.75, 3.05) is 0 Å². The Morgan fingerprint density at radius 2 is 1.30 bits per heavy atom. The van der Waals surface area contributed by atoms with Crippen molar-refractivity contribution in [3.05, 3.63) is 88.5 Å². The predicted molar refractivity (Wildman–Crippen MR) is 127 cm³/mol. The molecule has 0 saturated carbocycles. The highest BCUT2D eigenvalue weighted by molar-refractivity contribution is 7.80. The number of thiocarbonyl (C=S) groups is 1. The van der Waals surface area contributed by atoms with E-state index >= 15 is 0 Å². The normalized spacial score (nSPS) is 10.6. The maximum absolute atomic E-state index is 5.14. The molecular weight excluding hydrogens is 344 g/mol. The Kier molecular flexibility index (Phi) is 12.5. The number of benzene rings is 2. The summed E-state index contributed by atoms with van der Waals surface area (Å²) in [5.41, 5.74) is 7.74. The Bertz CT molecular complexity index is 791. The van der Waals surface area contributed by atoms with E-state index in [1.807, 2.05) is 13.8 Å². The molecule has 0 heterocycles. The lowest BCUT2D eigenvalue weighted by molar-refractivity contribution is 1.34. The molecule has 0 N–H and O–H groups in total. The maximum atomic E-state index is 5.14. The molecule has 0 atom stereocenters. The Morgan fingerprint density at radius 1 is 0.889 bits per heavy atom. The Balaban J connectivity index is 0.000000509. The number of rotatable bonds is 3. The molecule has 2 aromatic carbocycles. The maximum Gasteiger partial charge on any atom is 0.0193 e. The van der Waals surface area contributed by atoms with E-state index in [9.17, 15) is 0 Å². The van der Waals surface area contributed by atoms with Crippen LogP contribution in [-0.4, -0.2) is 4.86 Å². The second kappa shape index (κ2) is 13.7. The fourth-order valence-electron chi connectivity index (χ4n) is 2.22. The van der Waals surface area contributed by atoms with Crippen LogP contribution in [0.3, 0.4) is 0 Å². The van der Waals surface area contributed by atoms with Gasteiger partial charge in [0.2, 0.25) is 0 Å². The zero-order chi connectivity index (χ0) is 20.8. The molecule has 0 saturated heterocycles. The summed E-state index contributed by atoms with van der Waals surface area (Å²) in [6, 6.07) is 16.8. The summed E-state index contributed by atoms with van der Waals surface area (Å²) >= 11 is 5.14. The van der Waals surface area contributed by atoms with Crippen LogP contribution in [0, 0.1) is 26.2 Å². The second-order valence-corrected chi connectivity index (χ2v) is 6.93. The number of hydrogen-bond acceptors (Lipinski definition) is 1. The number of hydrogen-bond donors (Lipinski definition) is 0. The van der Waals surface area contributed by atoms with Gasteiger partial charge in [0.1, 0.15) is 0 Å². The first-order valence-corrected chi connectivity index (χ1v) is 9.50. The van der Waals surface area contributed by atoms with Gasteiger partial charge in [0.05, 0.1) is 0 Å². The van der Waals surface area contributed by atoms with E-state index in [2.05, 4.69) is 101 Å². The first-order chi connectivity index (χ1) is 12.8. The summed E-state index contributed by atoms with van der Waals surface area (Å²) in [4.78, 5) is 0.943. The third-order valence-electron chi connectivity index (χ3n) is 4.16. The highest BCUT2D eigenvalue weighted by Crippen LogP contribution is 2.19. The molecule has 0 aliphatic heterocycles. The smallest absolute Gasteiger partial charge is 0.0193 e. The van der Waals surface area contributed by atoms with Gasteiger partial charge in [-0.2, -0.15) is 0 Å². The van der Waals surface area contributed by atoms with E-state index in [4.69, 9.17) is 12.2 Å². The highest BCUT2D eigenvalue weighted by Gasteiger charge is 2.00. The Morgan fingerprint density at radius 3 is 1.63 bits per heavy atom. The van der Waals surface area contributed by atoms with Crippen molar-refractivity contribution in [3.63, 3.8) is 0 Å². The van der Waals surface area contributed by atoms with Crippen molar-refractivity contribution in [1.29, 1.82) is 0 Å². The average Bonchev–Trinajstić information content (AvgIpc) is 2.65. The predicted octanol–water partition coefficient (Wildman–Crippen LogP) is 7.74. The summed E-state index contributed by atoms with van der Waals surface area (Å²) in [6.07, 6.45) is 8.79. The minimum atomic E-state index is 0.943. The summed E-state index contributed by atoms with van der Waals surface area (Å²) in [5.74, 6) is 2.25. The lowest BCUT2D eigenvalue weighted by atomic mass is 10.0. The van der Waals surface area contributed by atoms with Crippen LogP contribution in [0.1, 0.15) is 56.9 Å². The van der Waals surface area contributed by atoms with Crippen molar-refractivity contribution in [1.82, 2.24) is 0 Å². The van der Waals surface area contributed by atoms with Crippen molar-refractivity contribution < 1.29 is 0 Å². The van der Waals surface area contributed by atoms with Crippen LogP contribution in [0.4, 0.5) is 0 Å². The molecule has 2 rings (SSSR count). The lowest BCUT2D eigenvalue weighted by Crippen LogP contribution is -1.90. The largest absolute Gasteiger partial charge is 0.120 e. The van der Waals surface area contributed by atoms with Gasteiger partial charge < -0.3 is 0 Å². The summed E-state index contributed by atoms with van der Waals surface area (Å²) in [6.45, 7) is 14.2. The van der Waals surface area contributed by atoms with Crippen molar-refractivity contribution in [2.45, 2.75) is 48.5 Å². The second-order valence-electron chi connectivity index (χ2n) is 6.31. The topological polar surface area (TPSA) is 0 Å². The lowest BCUT2D eigenvalue weighted by Gasteiger charge is -2.06. The summed E-state index contributed by atoms with van der Waals surface area (Å²) < 4.78 is 0. The Labute approximate surface area is 172 Å². The Hall–Kier alpha value is -2.43. The van der Waals surface area contributed by atoms with E-state index < -0.39 is 0 Å². The number of terminal acetylenes is 1. The first kappa shape index (κ1) is 24.6.